The number of terminal acetylenes is 2. The summed E-state index contributed by atoms with van der Waals surface area (Å²) in [5.74, 6) is 4.84. The van der Waals surface area contributed by atoms with Crippen molar-refractivity contribution in [1.82, 2.24) is 0 Å². The molecule has 0 aromatic rings. The molecule has 0 amide bonds. The van der Waals surface area contributed by atoms with Gasteiger partial charge in [-0.25, -0.2) is 0 Å². The lowest BCUT2D eigenvalue weighted by Crippen LogP contribution is -2.23. The molecule has 0 saturated carbocycles. The molecule has 1 N–H and O–H groups in total. The summed E-state index contributed by atoms with van der Waals surface area (Å²) in [6.07, 6.45) is 11.5. The fraction of sp³-hybridized carbons (Fsp3) is 0.556. The Bertz CT molecular complexity index is 295. The van der Waals surface area contributed by atoms with Gasteiger partial charge in [-0.3, -0.25) is 4.57 Å². The summed E-state index contributed by atoms with van der Waals surface area (Å²) in [6.45, 7) is 0. The van der Waals surface area contributed by atoms with Crippen molar-refractivity contribution >= 4 is 7.37 Å². The van der Waals surface area contributed by atoms with Gasteiger partial charge >= 0.3 is 0 Å². The summed E-state index contributed by atoms with van der Waals surface area (Å²) in [5, 5.41) is 0. The van der Waals surface area contributed by atoms with E-state index in [1.807, 2.05) is 0 Å². The lowest BCUT2D eigenvalue weighted by molar-refractivity contribution is 0.421. The van der Waals surface area contributed by atoms with Gasteiger partial charge in [-0.1, -0.05) is 0 Å². The van der Waals surface area contributed by atoms with E-state index >= 15 is 0 Å². The summed E-state index contributed by atoms with van der Waals surface area (Å²) >= 11 is 0. The zero-order valence-corrected chi connectivity index (χ0v) is 7.63. The van der Waals surface area contributed by atoms with Crippen molar-refractivity contribution in [2.24, 2.45) is 11.8 Å². The lowest BCUT2D eigenvalue weighted by Gasteiger charge is -2.27. The second-order valence-corrected chi connectivity index (χ2v) is 5.59. The fourth-order valence-corrected chi connectivity index (χ4v) is 3.28. The van der Waals surface area contributed by atoms with E-state index < -0.39 is 7.37 Å². The molecule has 1 heterocycles. The average Bonchev–Trinajstić information content (AvgIpc) is 2.03. The Balaban J connectivity index is 2.76. The molecule has 0 aromatic heterocycles. The minimum atomic E-state index is -2.95. The van der Waals surface area contributed by atoms with E-state index in [-0.39, 0.29) is 18.0 Å². The Kier molecular flexibility index (Phi) is 2.63. The second kappa shape index (κ2) is 3.36. The van der Waals surface area contributed by atoms with Crippen molar-refractivity contribution in [2.45, 2.75) is 6.42 Å². The highest BCUT2D eigenvalue weighted by Gasteiger charge is 2.33. The molecule has 0 spiro atoms. The molecule has 12 heavy (non-hydrogen) atoms. The fourth-order valence-electron chi connectivity index (χ4n) is 1.44. The molecule has 3 unspecified atom stereocenters. The van der Waals surface area contributed by atoms with Gasteiger partial charge in [0.2, 0.25) is 7.37 Å². The van der Waals surface area contributed by atoms with Crippen molar-refractivity contribution < 1.29 is 9.46 Å². The lowest BCUT2D eigenvalue weighted by atomic mass is 9.93. The van der Waals surface area contributed by atoms with Gasteiger partial charge in [-0.2, -0.15) is 0 Å². The summed E-state index contributed by atoms with van der Waals surface area (Å²) in [7, 11) is -2.95. The molecule has 3 atom stereocenters. The topological polar surface area (TPSA) is 37.3 Å². The Hall–Kier alpha value is -0.690. The maximum Gasteiger partial charge on any atom is 0.201 e. The predicted molar refractivity (Wildman–Crippen MR) is 48.8 cm³/mol. The smallest absolute Gasteiger partial charge is 0.201 e. The zero-order valence-electron chi connectivity index (χ0n) is 6.73. The summed E-state index contributed by atoms with van der Waals surface area (Å²) in [5.41, 5.74) is 0. The van der Waals surface area contributed by atoms with E-state index in [0.29, 0.717) is 12.6 Å². The Labute approximate surface area is 72.8 Å². The Morgan fingerprint density at radius 2 is 1.92 bits per heavy atom. The monoisotopic (exact) mass is 182 g/mol. The first-order valence-corrected chi connectivity index (χ1v) is 5.85. The molecule has 0 radical (unpaired) electrons. The van der Waals surface area contributed by atoms with Crippen molar-refractivity contribution in [3.63, 3.8) is 0 Å². The van der Waals surface area contributed by atoms with Crippen LogP contribution >= 0.6 is 7.37 Å². The number of hydrogen-bond acceptors (Lipinski definition) is 1. The Morgan fingerprint density at radius 3 is 2.42 bits per heavy atom. The molecular weight excluding hydrogens is 171 g/mol. The highest BCUT2D eigenvalue weighted by atomic mass is 31.2. The van der Waals surface area contributed by atoms with Crippen LogP contribution in [0, 0.1) is 36.5 Å². The summed E-state index contributed by atoms with van der Waals surface area (Å²) in [6, 6.07) is 0. The van der Waals surface area contributed by atoms with Crippen LogP contribution in [0.5, 0.6) is 0 Å². The predicted octanol–water partition coefficient (Wildman–Crippen LogP) is 1.16. The van der Waals surface area contributed by atoms with Crippen LogP contribution in [0.1, 0.15) is 6.42 Å². The van der Waals surface area contributed by atoms with Gasteiger partial charge in [-0.05, 0) is 6.42 Å². The van der Waals surface area contributed by atoms with Gasteiger partial charge in [0, 0.05) is 24.2 Å². The van der Waals surface area contributed by atoms with Crippen LogP contribution in [0.15, 0.2) is 0 Å². The third-order valence-corrected chi connectivity index (χ3v) is 4.11. The molecule has 0 bridgehead atoms. The summed E-state index contributed by atoms with van der Waals surface area (Å²) < 4.78 is 11.3. The van der Waals surface area contributed by atoms with Crippen molar-refractivity contribution in [3.8, 4) is 24.7 Å². The van der Waals surface area contributed by atoms with E-state index in [9.17, 15) is 9.46 Å². The highest BCUT2D eigenvalue weighted by molar-refractivity contribution is 7.58. The molecule has 1 aliphatic rings. The molecular formula is C9H11O2P. The first kappa shape index (κ1) is 9.40. The van der Waals surface area contributed by atoms with E-state index in [2.05, 4.69) is 11.8 Å². The van der Waals surface area contributed by atoms with Crippen molar-refractivity contribution in [1.29, 1.82) is 0 Å². The van der Waals surface area contributed by atoms with Crippen LogP contribution in [-0.4, -0.2) is 17.2 Å². The van der Waals surface area contributed by atoms with Gasteiger partial charge < -0.3 is 4.89 Å². The van der Waals surface area contributed by atoms with Crippen LogP contribution < -0.4 is 0 Å². The zero-order chi connectivity index (χ0) is 9.19. The largest absolute Gasteiger partial charge is 0.344 e. The molecule has 1 aliphatic heterocycles. The van der Waals surface area contributed by atoms with Crippen LogP contribution in [0.2, 0.25) is 0 Å². The standard InChI is InChI=1S/C9H11O2P/c1-3-8-5-6-12(10,11)7-9(8)4-2/h1-2,8-9H,5-7H2,(H,10,11). The Morgan fingerprint density at radius 1 is 1.33 bits per heavy atom. The van der Waals surface area contributed by atoms with Crippen LogP contribution in [-0.2, 0) is 4.57 Å². The summed E-state index contributed by atoms with van der Waals surface area (Å²) in [4.78, 5) is 9.28. The SMILES string of the molecule is C#CC1CCP(=O)(O)CC1C#C. The molecule has 1 saturated heterocycles. The molecule has 0 aliphatic carbocycles. The molecule has 64 valence electrons. The minimum Gasteiger partial charge on any atom is -0.344 e. The number of hydrogen-bond donors (Lipinski definition) is 1. The van der Waals surface area contributed by atoms with E-state index in [4.69, 9.17) is 12.8 Å². The van der Waals surface area contributed by atoms with Gasteiger partial charge in [0.1, 0.15) is 0 Å². The van der Waals surface area contributed by atoms with E-state index in [0.717, 1.165) is 0 Å². The van der Waals surface area contributed by atoms with Crippen LogP contribution in [0.4, 0.5) is 0 Å². The normalized spacial score (nSPS) is 41.2. The molecule has 1 fully saturated rings. The molecule has 3 heteroatoms. The van der Waals surface area contributed by atoms with E-state index in [1.165, 1.54) is 0 Å². The maximum absolute atomic E-state index is 11.3. The first-order chi connectivity index (χ1) is 5.59. The van der Waals surface area contributed by atoms with E-state index in [1.54, 1.807) is 0 Å². The van der Waals surface area contributed by atoms with Crippen LogP contribution in [0.3, 0.4) is 0 Å². The van der Waals surface area contributed by atoms with Gasteiger partial charge in [0.25, 0.3) is 0 Å². The highest BCUT2D eigenvalue weighted by Crippen LogP contribution is 2.49. The van der Waals surface area contributed by atoms with Crippen molar-refractivity contribution in [3.05, 3.63) is 0 Å². The molecule has 1 rings (SSSR count). The minimum absolute atomic E-state index is 0.00998. The van der Waals surface area contributed by atoms with Crippen molar-refractivity contribution in [2.75, 3.05) is 12.3 Å². The second-order valence-electron chi connectivity index (χ2n) is 3.09. The quantitative estimate of drug-likeness (QED) is 0.451. The first-order valence-electron chi connectivity index (χ1n) is 3.82. The van der Waals surface area contributed by atoms with Gasteiger partial charge in [-0.15, -0.1) is 24.7 Å². The maximum atomic E-state index is 11.3. The average molecular weight is 182 g/mol. The number of rotatable bonds is 0. The van der Waals surface area contributed by atoms with Gasteiger partial charge in [0.05, 0.1) is 0 Å². The molecule has 2 nitrogen and oxygen atoms in total. The molecule has 0 aromatic carbocycles. The third kappa shape index (κ3) is 1.92. The third-order valence-electron chi connectivity index (χ3n) is 2.19. The van der Waals surface area contributed by atoms with Crippen LogP contribution in [0.25, 0.3) is 0 Å². The van der Waals surface area contributed by atoms with Gasteiger partial charge in [0.15, 0.2) is 0 Å².